The van der Waals surface area contributed by atoms with Gasteiger partial charge in [-0.15, -0.1) is 11.6 Å². The molecule has 0 saturated carbocycles. The van der Waals surface area contributed by atoms with Gasteiger partial charge in [0.15, 0.2) is 0 Å². The van der Waals surface area contributed by atoms with Crippen LogP contribution in [0, 0.1) is 0 Å². The van der Waals surface area contributed by atoms with Crippen molar-refractivity contribution in [1.29, 1.82) is 0 Å². The normalized spacial score (nSPS) is 10.4. The second-order valence-electron chi connectivity index (χ2n) is 3.73. The minimum Gasteiger partial charge on any atom is -0.368 e. The number of rotatable bonds is 7. The Balaban J connectivity index is 4.11. The van der Waals surface area contributed by atoms with E-state index in [1.165, 1.54) is 4.90 Å². The van der Waals surface area contributed by atoms with E-state index in [0.717, 1.165) is 12.8 Å². The summed E-state index contributed by atoms with van der Waals surface area (Å²) in [4.78, 5) is 23.9. The minimum absolute atomic E-state index is 0.000927. The number of hydrogen-bond donors (Lipinski definition) is 1. The van der Waals surface area contributed by atoms with Crippen LogP contribution in [0.5, 0.6) is 0 Å². The molecule has 5 heteroatoms. The summed E-state index contributed by atoms with van der Waals surface area (Å²) in [5.41, 5.74) is 5.07. The number of primary amides is 1. The van der Waals surface area contributed by atoms with Crippen molar-refractivity contribution in [2.45, 2.75) is 39.2 Å². The van der Waals surface area contributed by atoms with Crippen LogP contribution in [-0.4, -0.2) is 35.2 Å². The first-order chi connectivity index (χ1) is 6.99. The van der Waals surface area contributed by atoms with Gasteiger partial charge in [-0.1, -0.05) is 0 Å². The average Bonchev–Trinajstić information content (AvgIpc) is 2.13. The molecule has 0 radical (unpaired) electrons. The van der Waals surface area contributed by atoms with E-state index in [9.17, 15) is 9.59 Å². The average molecular weight is 235 g/mol. The molecule has 15 heavy (non-hydrogen) atoms. The molecule has 0 aliphatic heterocycles. The van der Waals surface area contributed by atoms with E-state index < -0.39 is 5.91 Å². The molecule has 4 nitrogen and oxygen atoms in total. The highest BCUT2D eigenvalue weighted by molar-refractivity contribution is 6.17. The molecule has 0 aromatic rings. The Morgan fingerprint density at radius 1 is 1.33 bits per heavy atom. The molecule has 0 bridgehead atoms. The van der Waals surface area contributed by atoms with Gasteiger partial charge in [-0.05, 0) is 26.7 Å². The maximum atomic E-state index is 11.7. The number of carbonyl (C=O) groups is 2. The van der Waals surface area contributed by atoms with Crippen molar-refractivity contribution in [2.24, 2.45) is 5.73 Å². The van der Waals surface area contributed by atoms with Crippen molar-refractivity contribution in [3.63, 3.8) is 0 Å². The zero-order chi connectivity index (χ0) is 11.8. The summed E-state index contributed by atoms with van der Waals surface area (Å²) in [6, 6.07) is 0.000927. The van der Waals surface area contributed by atoms with Crippen LogP contribution >= 0.6 is 11.6 Å². The highest BCUT2D eigenvalue weighted by atomic mass is 35.5. The van der Waals surface area contributed by atoms with Gasteiger partial charge in [-0.3, -0.25) is 9.59 Å². The van der Waals surface area contributed by atoms with E-state index in [2.05, 4.69) is 0 Å². The van der Waals surface area contributed by atoms with Crippen LogP contribution in [0.2, 0.25) is 0 Å². The third-order valence-electron chi connectivity index (χ3n) is 2.04. The largest absolute Gasteiger partial charge is 0.368 e. The molecule has 0 rings (SSSR count). The number of alkyl halides is 1. The Bertz CT molecular complexity index is 219. The summed E-state index contributed by atoms with van der Waals surface area (Å²) in [6.07, 6.45) is 2.00. The molecule has 2 N–H and O–H groups in total. The molecule has 0 aliphatic carbocycles. The number of nitrogens with zero attached hydrogens (tertiary/aromatic N) is 1. The van der Waals surface area contributed by atoms with Crippen LogP contribution in [0.15, 0.2) is 0 Å². The molecule has 0 aliphatic rings. The fourth-order valence-corrected chi connectivity index (χ4v) is 1.43. The molecule has 0 heterocycles. The van der Waals surface area contributed by atoms with Gasteiger partial charge in [0, 0.05) is 18.3 Å². The van der Waals surface area contributed by atoms with Crippen molar-refractivity contribution in [2.75, 3.05) is 12.4 Å². The van der Waals surface area contributed by atoms with Crippen LogP contribution in [0.3, 0.4) is 0 Å². The topological polar surface area (TPSA) is 63.4 Å². The van der Waals surface area contributed by atoms with Crippen molar-refractivity contribution in [3.05, 3.63) is 0 Å². The maximum Gasteiger partial charge on any atom is 0.237 e. The smallest absolute Gasteiger partial charge is 0.237 e. The van der Waals surface area contributed by atoms with E-state index >= 15 is 0 Å². The van der Waals surface area contributed by atoms with Crippen molar-refractivity contribution < 1.29 is 9.59 Å². The first-order valence-electron chi connectivity index (χ1n) is 5.12. The highest BCUT2D eigenvalue weighted by Crippen LogP contribution is 2.05. The van der Waals surface area contributed by atoms with Gasteiger partial charge in [0.1, 0.15) is 0 Å². The second kappa shape index (κ2) is 7.51. The van der Waals surface area contributed by atoms with Gasteiger partial charge in [-0.25, -0.2) is 0 Å². The number of amides is 2. The van der Waals surface area contributed by atoms with Crippen molar-refractivity contribution >= 4 is 23.4 Å². The third-order valence-corrected chi connectivity index (χ3v) is 2.31. The quantitative estimate of drug-likeness (QED) is 0.530. The van der Waals surface area contributed by atoms with Crippen LogP contribution in [0.4, 0.5) is 0 Å². The summed E-state index contributed by atoms with van der Waals surface area (Å²) in [6.45, 7) is 3.72. The number of hydrogen-bond acceptors (Lipinski definition) is 2. The fourth-order valence-electron chi connectivity index (χ4n) is 1.24. The third kappa shape index (κ3) is 6.33. The lowest BCUT2D eigenvalue weighted by molar-refractivity contribution is -0.137. The molecular formula is C10H19ClN2O2. The Hall–Kier alpha value is -0.770. The zero-order valence-corrected chi connectivity index (χ0v) is 10.1. The van der Waals surface area contributed by atoms with E-state index in [1.807, 2.05) is 13.8 Å². The predicted octanol–water partition coefficient (Wildman–Crippen LogP) is 1.12. The molecule has 0 saturated heterocycles. The first-order valence-corrected chi connectivity index (χ1v) is 5.66. The second-order valence-corrected chi connectivity index (χ2v) is 4.11. The van der Waals surface area contributed by atoms with Crippen LogP contribution in [-0.2, 0) is 9.59 Å². The SMILES string of the molecule is CC(C)N(CC(N)=O)C(=O)CCCCCl. The number of halogens is 1. The molecule has 2 amide bonds. The summed E-state index contributed by atoms with van der Waals surface area (Å²) in [5, 5.41) is 0. The summed E-state index contributed by atoms with van der Waals surface area (Å²) < 4.78 is 0. The number of carbonyl (C=O) groups excluding carboxylic acids is 2. The zero-order valence-electron chi connectivity index (χ0n) is 9.33. The molecule has 0 aromatic heterocycles. The van der Waals surface area contributed by atoms with Gasteiger partial charge >= 0.3 is 0 Å². The molecule has 0 unspecified atom stereocenters. The Morgan fingerprint density at radius 2 is 1.93 bits per heavy atom. The van der Waals surface area contributed by atoms with E-state index in [-0.39, 0.29) is 18.5 Å². The van der Waals surface area contributed by atoms with Crippen LogP contribution in [0.1, 0.15) is 33.1 Å². The molecule has 0 spiro atoms. The number of nitrogens with two attached hydrogens (primary N) is 1. The maximum absolute atomic E-state index is 11.7. The summed E-state index contributed by atoms with van der Waals surface area (Å²) >= 11 is 5.51. The predicted molar refractivity (Wildman–Crippen MR) is 60.6 cm³/mol. The van der Waals surface area contributed by atoms with Gasteiger partial charge in [-0.2, -0.15) is 0 Å². The molecule has 0 atom stereocenters. The van der Waals surface area contributed by atoms with Crippen molar-refractivity contribution in [3.8, 4) is 0 Å². The lowest BCUT2D eigenvalue weighted by Gasteiger charge is -2.25. The van der Waals surface area contributed by atoms with E-state index in [1.54, 1.807) is 0 Å². The molecule has 88 valence electrons. The minimum atomic E-state index is -0.477. The van der Waals surface area contributed by atoms with Gasteiger partial charge < -0.3 is 10.6 Å². The first kappa shape index (κ1) is 14.2. The Kier molecular flexibility index (Phi) is 7.13. The Labute approximate surface area is 95.7 Å². The molecule has 0 fully saturated rings. The molecule has 0 aromatic carbocycles. The van der Waals surface area contributed by atoms with Gasteiger partial charge in [0.25, 0.3) is 0 Å². The lowest BCUT2D eigenvalue weighted by atomic mass is 10.2. The van der Waals surface area contributed by atoms with E-state index in [4.69, 9.17) is 17.3 Å². The summed E-state index contributed by atoms with van der Waals surface area (Å²) in [5.74, 6) is 0.0495. The van der Waals surface area contributed by atoms with Gasteiger partial charge in [0.2, 0.25) is 11.8 Å². The van der Waals surface area contributed by atoms with Gasteiger partial charge in [0.05, 0.1) is 6.54 Å². The lowest BCUT2D eigenvalue weighted by Crippen LogP contribution is -2.42. The van der Waals surface area contributed by atoms with Crippen molar-refractivity contribution in [1.82, 2.24) is 4.90 Å². The number of unbranched alkanes of at least 4 members (excludes halogenated alkanes) is 1. The van der Waals surface area contributed by atoms with Crippen LogP contribution in [0.25, 0.3) is 0 Å². The molecular weight excluding hydrogens is 216 g/mol. The van der Waals surface area contributed by atoms with Crippen LogP contribution < -0.4 is 5.73 Å². The Morgan fingerprint density at radius 3 is 2.33 bits per heavy atom. The highest BCUT2D eigenvalue weighted by Gasteiger charge is 2.17. The van der Waals surface area contributed by atoms with E-state index in [0.29, 0.717) is 12.3 Å². The monoisotopic (exact) mass is 234 g/mol. The fraction of sp³-hybridized carbons (Fsp3) is 0.800. The summed E-state index contributed by atoms with van der Waals surface area (Å²) in [7, 11) is 0. The standard InChI is InChI=1S/C10H19ClN2O2/c1-8(2)13(7-9(12)14)10(15)5-3-4-6-11/h8H,3-7H2,1-2H3,(H2,12,14).